The van der Waals surface area contributed by atoms with Gasteiger partial charge in [0.25, 0.3) is 5.91 Å². The van der Waals surface area contributed by atoms with Gasteiger partial charge >= 0.3 is 0 Å². The molecular weight excluding hydrogens is 298 g/mol. The first-order valence-electron chi connectivity index (χ1n) is 6.87. The number of rotatable bonds is 4. The Kier molecular flexibility index (Phi) is 4.26. The summed E-state index contributed by atoms with van der Waals surface area (Å²) < 4.78 is 5.11. The molecule has 0 bridgehead atoms. The molecule has 1 aromatic carbocycles. The van der Waals surface area contributed by atoms with Crippen LogP contribution in [0.25, 0.3) is 5.57 Å². The molecule has 1 aliphatic heterocycles. The molecule has 3 rings (SSSR count). The van der Waals surface area contributed by atoms with Crippen molar-refractivity contribution in [2.24, 2.45) is 0 Å². The molecule has 0 atom stereocenters. The molecule has 2 heterocycles. The number of nitriles is 1. The number of aromatic amines is 1. The summed E-state index contributed by atoms with van der Waals surface area (Å²) in [5.41, 5.74) is 1.84. The number of ether oxygens (including phenoxy) is 1. The minimum absolute atomic E-state index is 0.0549. The zero-order valence-electron chi connectivity index (χ0n) is 12.1. The first kappa shape index (κ1) is 14.7. The number of morpholine rings is 1. The summed E-state index contributed by atoms with van der Waals surface area (Å²) in [6, 6.07) is 9.30. The van der Waals surface area contributed by atoms with E-state index in [1.165, 1.54) is 6.20 Å². The molecule has 1 amide bonds. The summed E-state index contributed by atoms with van der Waals surface area (Å²) in [6.45, 7) is 1.19. The second-order valence-electron chi connectivity index (χ2n) is 4.69. The molecule has 0 spiro atoms. The molecule has 116 valence electrons. The largest absolute Gasteiger partial charge is 0.370 e. The van der Waals surface area contributed by atoms with E-state index in [0.29, 0.717) is 13.2 Å². The number of allylic oxidation sites excluding steroid dienone is 1. The Hall–Kier alpha value is -3.25. The monoisotopic (exact) mass is 311 g/mol. The molecule has 2 N–H and O–H groups in total. The van der Waals surface area contributed by atoms with Gasteiger partial charge in [-0.2, -0.15) is 10.5 Å². The third-order valence-electron chi connectivity index (χ3n) is 3.25. The van der Waals surface area contributed by atoms with Crippen LogP contribution in [-0.2, 0) is 9.53 Å². The van der Waals surface area contributed by atoms with E-state index >= 15 is 0 Å². The topological polar surface area (TPSA) is 120 Å². The van der Waals surface area contributed by atoms with Crippen molar-refractivity contribution < 1.29 is 9.53 Å². The van der Waals surface area contributed by atoms with E-state index in [1.807, 2.05) is 30.3 Å². The van der Waals surface area contributed by atoms with Gasteiger partial charge in [-0.15, -0.1) is 10.2 Å². The van der Waals surface area contributed by atoms with E-state index in [2.05, 4.69) is 25.9 Å². The number of tetrazole rings is 1. The third kappa shape index (κ3) is 3.33. The lowest BCUT2D eigenvalue weighted by atomic mass is 10.2. The predicted octanol–water partition coefficient (Wildman–Crippen LogP) is 0.539. The lowest BCUT2D eigenvalue weighted by molar-refractivity contribution is -0.125. The van der Waals surface area contributed by atoms with Gasteiger partial charge in [0.05, 0.1) is 6.61 Å². The first-order chi connectivity index (χ1) is 11.3. The highest BCUT2D eigenvalue weighted by Crippen LogP contribution is 2.20. The number of carbonyl (C=O) groups is 1. The summed E-state index contributed by atoms with van der Waals surface area (Å²) in [5.74, 6) is 0.163. The Morgan fingerprint density at radius 3 is 2.91 bits per heavy atom. The number of anilines is 2. The van der Waals surface area contributed by atoms with Crippen LogP contribution in [0.5, 0.6) is 0 Å². The molecule has 0 unspecified atom stereocenters. The Labute approximate surface area is 131 Å². The van der Waals surface area contributed by atoms with Crippen LogP contribution in [0.2, 0.25) is 0 Å². The van der Waals surface area contributed by atoms with Crippen molar-refractivity contribution in [1.82, 2.24) is 20.6 Å². The maximum absolute atomic E-state index is 11.8. The highest BCUT2D eigenvalue weighted by molar-refractivity contribution is 5.95. The van der Waals surface area contributed by atoms with Crippen molar-refractivity contribution in [3.63, 3.8) is 0 Å². The number of hydrogen-bond acceptors (Lipinski definition) is 7. The van der Waals surface area contributed by atoms with Gasteiger partial charge in [-0.05, 0) is 29.5 Å². The molecule has 1 aromatic heterocycles. The number of nitrogens with zero attached hydrogens (tertiary/aromatic N) is 5. The fourth-order valence-electron chi connectivity index (χ4n) is 2.11. The second kappa shape index (κ2) is 6.67. The standard InChI is InChI=1S/C14H13N7O2/c15-7-10(14-17-19-20-18-14)8-16-11-1-3-12(4-2-11)21-5-6-23-9-13(21)22/h1-4,8,16H,5-6,9H2,(H,17,18,19,20). The van der Waals surface area contributed by atoms with Crippen molar-refractivity contribution in [1.29, 1.82) is 5.26 Å². The quantitative estimate of drug-likeness (QED) is 0.791. The molecule has 1 aliphatic rings. The minimum atomic E-state index is -0.0549. The third-order valence-corrected chi connectivity index (χ3v) is 3.25. The Balaban J connectivity index is 1.70. The van der Waals surface area contributed by atoms with E-state index in [4.69, 9.17) is 10.00 Å². The van der Waals surface area contributed by atoms with Crippen LogP contribution < -0.4 is 10.2 Å². The highest BCUT2D eigenvalue weighted by Gasteiger charge is 2.19. The lowest BCUT2D eigenvalue weighted by Gasteiger charge is -2.26. The summed E-state index contributed by atoms with van der Waals surface area (Å²) in [7, 11) is 0. The summed E-state index contributed by atoms with van der Waals surface area (Å²) >= 11 is 0. The molecule has 23 heavy (non-hydrogen) atoms. The Morgan fingerprint density at radius 1 is 1.43 bits per heavy atom. The Morgan fingerprint density at radius 2 is 2.26 bits per heavy atom. The molecule has 2 aromatic rings. The van der Waals surface area contributed by atoms with Crippen molar-refractivity contribution in [2.45, 2.75) is 0 Å². The summed E-state index contributed by atoms with van der Waals surface area (Å²) in [6.07, 6.45) is 1.50. The lowest BCUT2D eigenvalue weighted by Crippen LogP contribution is -2.41. The van der Waals surface area contributed by atoms with Crippen LogP contribution in [0, 0.1) is 11.3 Å². The average Bonchev–Trinajstić information content (AvgIpc) is 3.11. The molecular formula is C14H13N7O2. The zero-order chi connectivity index (χ0) is 16.1. The van der Waals surface area contributed by atoms with Crippen LogP contribution in [0.1, 0.15) is 5.82 Å². The molecule has 1 saturated heterocycles. The van der Waals surface area contributed by atoms with Crippen molar-refractivity contribution in [3.05, 3.63) is 36.3 Å². The van der Waals surface area contributed by atoms with Crippen LogP contribution in [0.3, 0.4) is 0 Å². The smallest absolute Gasteiger partial charge is 0.253 e. The Bertz CT molecular complexity index is 746. The highest BCUT2D eigenvalue weighted by atomic mass is 16.5. The molecule has 9 nitrogen and oxygen atoms in total. The van der Waals surface area contributed by atoms with Crippen LogP contribution in [0.4, 0.5) is 11.4 Å². The maximum atomic E-state index is 11.8. The molecule has 0 radical (unpaired) electrons. The predicted molar refractivity (Wildman–Crippen MR) is 81.0 cm³/mol. The molecule has 0 aliphatic carbocycles. The van der Waals surface area contributed by atoms with Crippen LogP contribution in [-0.4, -0.2) is 46.3 Å². The normalized spacial score (nSPS) is 15.3. The molecule has 0 saturated carbocycles. The van der Waals surface area contributed by atoms with E-state index in [9.17, 15) is 4.79 Å². The fraction of sp³-hybridized carbons (Fsp3) is 0.214. The van der Waals surface area contributed by atoms with Gasteiger partial charge in [-0.25, -0.2) is 0 Å². The van der Waals surface area contributed by atoms with Gasteiger partial charge in [0, 0.05) is 24.1 Å². The number of H-pyrrole nitrogens is 1. The SMILES string of the molecule is N#CC(=CNc1ccc(N2CCOCC2=O)cc1)c1nn[nH]n1. The minimum Gasteiger partial charge on any atom is -0.370 e. The second-order valence-corrected chi connectivity index (χ2v) is 4.69. The van der Waals surface area contributed by atoms with E-state index in [0.717, 1.165) is 11.4 Å². The van der Waals surface area contributed by atoms with Crippen LogP contribution in [0.15, 0.2) is 30.5 Å². The van der Waals surface area contributed by atoms with Gasteiger partial charge in [0.15, 0.2) is 0 Å². The van der Waals surface area contributed by atoms with Gasteiger partial charge in [-0.3, -0.25) is 4.79 Å². The van der Waals surface area contributed by atoms with Gasteiger partial charge in [0.1, 0.15) is 18.2 Å². The number of amides is 1. The maximum Gasteiger partial charge on any atom is 0.253 e. The number of benzene rings is 1. The van der Waals surface area contributed by atoms with Crippen molar-refractivity contribution in [3.8, 4) is 6.07 Å². The van der Waals surface area contributed by atoms with E-state index in [-0.39, 0.29) is 23.9 Å². The van der Waals surface area contributed by atoms with Crippen molar-refractivity contribution in [2.75, 3.05) is 30.0 Å². The summed E-state index contributed by atoms with van der Waals surface area (Å²) in [5, 5.41) is 25.3. The van der Waals surface area contributed by atoms with Gasteiger partial charge < -0.3 is 15.0 Å². The molecule has 1 fully saturated rings. The van der Waals surface area contributed by atoms with Crippen molar-refractivity contribution >= 4 is 22.9 Å². The van der Waals surface area contributed by atoms with E-state index in [1.54, 1.807) is 4.90 Å². The first-order valence-corrected chi connectivity index (χ1v) is 6.87. The average molecular weight is 311 g/mol. The van der Waals surface area contributed by atoms with Gasteiger partial charge in [0.2, 0.25) is 5.82 Å². The van der Waals surface area contributed by atoms with Crippen LogP contribution >= 0.6 is 0 Å². The van der Waals surface area contributed by atoms with Gasteiger partial charge in [-0.1, -0.05) is 0 Å². The zero-order valence-corrected chi connectivity index (χ0v) is 12.1. The fourth-order valence-corrected chi connectivity index (χ4v) is 2.11. The number of nitrogens with one attached hydrogen (secondary N) is 2. The number of aromatic nitrogens is 4. The molecule has 9 heteroatoms. The number of carbonyl (C=O) groups excluding carboxylic acids is 1. The van der Waals surface area contributed by atoms with E-state index < -0.39 is 0 Å². The summed E-state index contributed by atoms with van der Waals surface area (Å²) in [4.78, 5) is 13.5. The number of hydrogen-bond donors (Lipinski definition) is 2.